The number of nitro benzene ring substituents is 1. The van der Waals surface area contributed by atoms with E-state index in [4.69, 9.17) is 0 Å². The van der Waals surface area contributed by atoms with E-state index >= 15 is 0 Å². The van der Waals surface area contributed by atoms with Crippen molar-refractivity contribution < 1.29 is 18.1 Å². The van der Waals surface area contributed by atoms with Crippen molar-refractivity contribution in [2.75, 3.05) is 42.6 Å². The number of piperazine rings is 1. The van der Waals surface area contributed by atoms with Crippen molar-refractivity contribution in [2.45, 2.75) is 12.8 Å². The van der Waals surface area contributed by atoms with E-state index in [9.17, 15) is 23.3 Å². The van der Waals surface area contributed by atoms with Gasteiger partial charge in [0.05, 0.1) is 16.4 Å². The fourth-order valence-electron chi connectivity index (χ4n) is 3.41. The number of nitrogens with zero attached hydrogens (tertiary/aromatic N) is 3. The van der Waals surface area contributed by atoms with Crippen LogP contribution in [0.2, 0.25) is 0 Å². The summed E-state index contributed by atoms with van der Waals surface area (Å²) >= 11 is 0. The Morgan fingerprint density at radius 3 is 2.32 bits per heavy atom. The van der Waals surface area contributed by atoms with E-state index in [-0.39, 0.29) is 29.0 Å². The number of hydrogen-bond donors (Lipinski definition) is 0. The molecule has 1 aromatic rings. The first-order valence-corrected chi connectivity index (χ1v) is 10.1. The molecule has 0 N–H and O–H groups in total. The summed E-state index contributed by atoms with van der Waals surface area (Å²) in [7, 11) is -2.95. The molecule has 2 aliphatic rings. The van der Waals surface area contributed by atoms with Gasteiger partial charge in [0.25, 0.3) is 5.69 Å². The zero-order valence-electron chi connectivity index (χ0n) is 13.8. The first-order valence-electron chi connectivity index (χ1n) is 8.32. The van der Waals surface area contributed by atoms with E-state index in [0.717, 1.165) is 5.69 Å². The van der Waals surface area contributed by atoms with Gasteiger partial charge in [-0.3, -0.25) is 14.9 Å². The van der Waals surface area contributed by atoms with Crippen LogP contribution in [-0.4, -0.2) is 61.8 Å². The first-order chi connectivity index (χ1) is 11.8. The smallest absolute Gasteiger partial charge is 0.269 e. The number of anilines is 1. The van der Waals surface area contributed by atoms with Crippen LogP contribution in [-0.2, 0) is 14.6 Å². The van der Waals surface area contributed by atoms with Crippen molar-refractivity contribution in [1.29, 1.82) is 0 Å². The standard InChI is InChI=1S/C16H21N3O5S/c20-16(11-13-5-10-25(23,24)12-13)18-8-6-17(7-9-18)14-1-3-15(4-2-14)19(21)22/h1-4,13H,5-12H2/t13-/m0/s1. The molecule has 0 radical (unpaired) electrons. The number of carbonyl (C=O) groups is 1. The van der Waals surface area contributed by atoms with Crippen LogP contribution in [0.1, 0.15) is 12.8 Å². The Kier molecular flexibility index (Phi) is 4.94. The van der Waals surface area contributed by atoms with Crippen molar-refractivity contribution in [3.8, 4) is 0 Å². The van der Waals surface area contributed by atoms with Crippen molar-refractivity contribution in [1.82, 2.24) is 4.90 Å². The van der Waals surface area contributed by atoms with Crippen molar-refractivity contribution in [3.05, 3.63) is 34.4 Å². The van der Waals surface area contributed by atoms with E-state index in [2.05, 4.69) is 4.90 Å². The average Bonchev–Trinajstić information content (AvgIpc) is 2.93. The number of non-ortho nitro benzene ring substituents is 1. The van der Waals surface area contributed by atoms with Gasteiger partial charge in [-0.25, -0.2) is 8.42 Å². The lowest BCUT2D eigenvalue weighted by Gasteiger charge is -2.36. The molecule has 25 heavy (non-hydrogen) atoms. The molecule has 2 saturated heterocycles. The molecule has 3 rings (SSSR count). The lowest BCUT2D eigenvalue weighted by Crippen LogP contribution is -2.49. The van der Waals surface area contributed by atoms with Gasteiger partial charge in [0.2, 0.25) is 5.91 Å². The maximum absolute atomic E-state index is 12.4. The summed E-state index contributed by atoms with van der Waals surface area (Å²) in [6.45, 7) is 2.48. The van der Waals surface area contributed by atoms with Gasteiger partial charge in [0.15, 0.2) is 9.84 Å². The van der Waals surface area contributed by atoms with Crippen molar-refractivity contribution in [3.63, 3.8) is 0 Å². The topological polar surface area (TPSA) is 101 Å². The molecule has 0 aliphatic carbocycles. The first kappa shape index (κ1) is 17.7. The van der Waals surface area contributed by atoms with E-state index in [1.165, 1.54) is 12.1 Å². The number of amides is 1. The number of rotatable bonds is 4. The van der Waals surface area contributed by atoms with E-state index in [1.807, 2.05) is 0 Å². The molecule has 0 unspecified atom stereocenters. The highest BCUT2D eigenvalue weighted by Gasteiger charge is 2.31. The molecule has 1 atom stereocenters. The molecule has 1 amide bonds. The maximum Gasteiger partial charge on any atom is 0.269 e. The van der Waals surface area contributed by atoms with Gasteiger partial charge in [0, 0.05) is 50.4 Å². The predicted molar refractivity (Wildman–Crippen MR) is 93.3 cm³/mol. The summed E-state index contributed by atoms with van der Waals surface area (Å²) in [6, 6.07) is 6.40. The minimum atomic E-state index is -2.95. The van der Waals surface area contributed by atoms with Crippen LogP contribution >= 0.6 is 0 Å². The number of hydrogen-bond acceptors (Lipinski definition) is 6. The number of nitro groups is 1. The Hall–Kier alpha value is -2.16. The fourth-order valence-corrected chi connectivity index (χ4v) is 5.27. The van der Waals surface area contributed by atoms with Crippen LogP contribution in [0.4, 0.5) is 11.4 Å². The highest BCUT2D eigenvalue weighted by molar-refractivity contribution is 7.91. The Morgan fingerprint density at radius 2 is 1.80 bits per heavy atom. The normalized spacial score (nSPS) is 22.8. The lowest BCUT2D eigenvalue weighted by molar-refractivity contribution is -0.384. The van der Waals surface area contributed by atoms with Gasteiger partial charge >= 0.3 is 0 Å². The molecule has 0 aromatic heterocycles. The fraction of sp³-hybridized carbons (Fsp3) is 0.562. The number of benzene rings is 1. The van der Waals surface area contributed by atoms with Gasteiger partial charge in [0.1, 0.15) is 0 Å². The largest absolute Gasteiger partial charge is 0.368 e. The highest BCUT2D eigenvalue weighted by Crippen LogP contribution is 2.24. The van der Waals surface area contributed by atoms with Crippen LogP contribution < -0.4 is 4.90 Å². The minimum Gasteiger partial charge on any atom is -0.368 e. The van der Waals surface area contributed by atoms with Crippen LogP contribution in [0.3, 0.4) is 0 Å². The minimum absolute atomic E-state index is 0.0189. The Morgan fingerprint density at radius 1 is 1.16 bits per heavy atom. The molecule has 9 heteroatoms. The second kappa shape index (κ2) is 6.99. The van der Waals surface area contributed by atoms with Crippen LogP contribution in [0.15, 0.2) is 24.3 Å². The molecule has 0 spiro atoms. The Balaban J connectivity index is 1.51. The summed E-state index contributed by atoms with van der Waals surface area (Å²) in [6.07, 6.45) is 0.883. The second-order valence-electron chi connectivity index (χ2n) is 6.61. The highest BCUT2D eigenvalue weighted by atomic mass is 32.2. The zero-order valence-corrected chi connectivity index (χ0v) is 14.7. The van der Waals surface area contributed by atoms with Crippen LogP contribution in [0.5, 0.6) is 0 Å². The number of carbonyl (C=O) groups excluding carboxylic acids is 1. The maximum atomic E-state index is 12.4. The van der Waals surface area contributed by atoms with Gasteiger partial charge < -0.3 is 9.80 Å². The molecule has 2 heterocycles. The second-order valence-corrected chi connectivity index (χ2v) is 8.84. The average molecular weight is 367 g/mol. The van der Waals surface area contributed by atoms with E-state index in [1.54, 1.807) is 17.0 Å². The van der Waals surface area contributed by atoms with Gasteiger partial charge in [-0.1, -0.05) is 0 Å². The van der Waals surface area contributed by atoms with Gasteiger partial charge in [-0.05, 0) is 24.5 Å². The quantitative estimate of drug-likeness (QED) is 0.583. The van der Waals surface area contributed by atoms with Crippen LogP contribution in [0.25, 0.3) is 0 Å². The third-order valence-electron chi connectivity index (χ3n) is 4.85. The summed E-state index contributed by atoms with van der Waals surface area (Å²) in [5.41, 5.74) is 0.962. The lowest BCUT2D eigenvalue weighted by atomic mass is 10.0. The third kappa shape index (κ3) is 4.28. The Bertz CT molecular complexity index is 754. The molecular weight excluding hydrogens is 346 g/mol. The van der Waals surface area contributed by atoms with Crippen molar-refractivity contribution in [2.24, 2.45) is 5.92 Å². The van der Waals surface area contributed by atoms with Gasteiger partial charge in [-0.2, -0.15) is 0 Å². The summed E-state index contributed by atoms with van der Waals surface area (Å²) in [5.74, 6) is 0.288. The SMILES string of the molecule is O=C(C[C@@H]1CCS(=O)(=O)C1)N1CCN(c2ccc([N+](=O)[O-])cc2)CC1. The molecule has 1 aromatic carbocycles. The summed E-state index contributed by atoms with van der Waals surface area (Å²) < 4.78 is 23.0. The van der Waals surface area contributed by atoms with Gasteiger partial charge in [-0.15, -0.1) is 0 Å². The van der Waals surface area contributed by atoms with E-state index in [0.29, 0.717) is 39.0 Å². The molecule has 136 valence electrons. The summed E-state index contributed by atoms with van der Waals surface area (Å²) in [5, 5.41) is 10.7. The predicted octanol–water partition coefficient (Wildman–Crippen LogP) is 1.07. The van der Waals surface area contributed by atoms with E-state index < -0.39 is 14.8 Å². The molecule has 2 fully saturated rings. The summed E-state index contributed by atoms with van der Waals surface area (Å²) in [4.78, 5) is 26.5. The van der Waals surface area contributed by atoms with Crippen molar-refractivity contribution >= 4 is 27.1 Å². The monoisotopic (exact) mass is 367 g/mol. The molecule has 0 bridgehead atoms. The molecule has 0 saturated carbocycles. The molecular formula is C16H21N3O5S. The van der Waals surface area contributed by atoms with Crippen LogP contribution in [0, 0.1) is 16.0 Å². The zero-order chi connectivity index (χ0) is 18.0. The molecule has 2 aliphatic heterocycles. The number of sulfone groups is 1. The Labute approximate surface area is 146 Å². The third-order valence-corrected chi connectivity index (χ3v) is 6.69. The molecule has 8 nitrogen and oxygen atoms in total.